The maximum Gasteiger partial charge on any atom is 0.191 e. The summed E-state index contributed by atoms with van der Waals surface area (Å²) in [6.45, 7) is 6.94. The first-order valence-electron chi connectivity index (χ1n) is 5.40. The van der Waals surface area contributed by atoms with Crippen LogP contribution in [-0.2, 0) is 10.9 Å². The van der Waals surface area contributed by atoms with E-state index in [-0.39, 0.29) is 0 Å². The standard InChI is InChI=1S/C13H17Cl2S/c1-13(2,3)12-11(16(12)4)8-5-9(14)7-10(15)6-8/h5-7,11-12H,1-4H3/q+1/t11-,12+,16?/m1/s1. The van der Waals surface area contributed by atoms with Crippen LogP contribution in [0.15, 0.2) is 18.2 Å². The molecule has 0 aromatic heterocycles. The van der Waals surface area contributed by atoms with Crippen molar-refractivity contribution in [1.29, 1.82) is 0 Å². The predicted octanol–water partition coefficient (Wildman–Crippen LogP) is 4.71. The molecular weight excluding hydrogens is 259 g/mol. The van der Waals surface area contributed by atoms with Crippen LogP contribution in [0.1, 0.15) is 31.6 Å². The molecular formula is C13H17Cl2S+. The van der Waals surface area contributed by atoms with Crippen LogP contribution in [0.5, 0.6) is 0 Å². The second kappa shape index (κ2) is 4.12. The highest BCUT2D eigenvalue weighted by molar-refractivity contribution is 8.04. The Morgan fingerprint density at radius 3 is 1.94 bits per heavy atom. The molecule has 0 amide bonds. The molecule has 0 aliphatic carbocycles. The van der Waals surface area contributed by atoms with Crippen molar-refractivity contribution in [3.05, 3.63) is 33.8 Å². The Bertz CT molecular complexity index is 389. The van der Waals surface area contributed by atoms with Gasteiger partial charge >= 0.3 is 0 Å². The van der Waals surface area contributed by atoms with Crippen molar-refractivity contribution in [3.63, 3.8) is 0 Å². The maximum atomic E-state index is 6.05. The molecule has 1 aromatic carbocycles. The second-order valence-corrected chi connectivity index (χ2v) is 8.62. The van der Waals surface area contributed by atoms with E-state index >= 15 is 0 Å². The molecule has 3 heteroatoms. The zero-order chi connectivity index (χ0) is 12.1. The Labute approximate surface area is 111 Å². The number of rotatable bonds is 1. The third-order valence-electron chi connectivity index (χ3n) is 3.07. The minimum atomic E-state index is 0.372. The summed E-state index contributed by atoms with van der Waals surface area (Å²) in [7, 11) is 0.459. The second-order valence-electron chi connectivity index (χ2n) is 5.52. The van der Waals surface area contributed by atoms with Crippen molar-refractivity contribution < 1.29 is 0 Å². The van der Waals surface area contributed by atoms with E-state index in [0.29, 0.717) is 21.6 Å². The summed E-state index contributed by atoms with van der Waals surface area (Å²) >= 11 is 12.1. The van der Waals surface area contributed by atoms with Gasteiger partial charge in [-0.15, -0.1) is 0 Å². The molecule has 0 radical (unpaired) electrons. The lowest BCUT2D eigenvalue weighted by molar-refractivity contribution is 0.417. The third kappa shape index (κ3) is 2.37. The van der Waals surface area contributed by atoms with Crippen LogP contribution in [0.3, 0.4) is 0 Å². The minimum absolute atomic E-state index is 0.372. The number of benzene rings is 1. The maximum absolute atomic E-state index is 6.05. The number of hydrogen-bond donors (Lipinski definition) is 0. The molecule has 1 aliphatic heterocycles. The number of halogens is 2. The molecule has 0 nitrogen and oxygen atoms in total. The molecule has 0 spiro atoms. The van der Waals surface area contributed by atoms with Crippen LogP contribution >= 0.6 is 23.2 Å². The average Bonchev–Trinajstić information content (AvgIpc) is 2.74. The van der Waals surface area contributed by atoms with E-state index in [0.717, 1.165) is 15.3 Å². The molecule has 3 atom stereocenters. The fraction of sp³-hybridized carbons (Fsp3) is 0.538. The first-order valence-corrected chi connectivity index (χ1v) is 7.92. The van der Waals surface area contributed by atoms with Gasteiger partial charge in [0.2, 0.25) is 0 Å². The van der Waals surface area contributed by atoms with Crippen molar-refractivity contribution in [2.24, 2.45) is 5.41 Å². The Kier molecular flexibility index (Phi) is 3.24. The van der Waals surface area contributed by atoms with E-state index in [1.807, 2.05) is 0 Å². The highest BCUT2D eigenvalue weighted by Gasteiger charge is 2.65. The molecule has 0 N–H and O–H groups in total. The Morgan fingerprint density at radius 1 is 1.06 bits per heavy atom. The lowest BCUT2D eigenvalue weighted by Crippen LogP contribution is -2.15. The monoisotopic (exact) mass is 275 g/mol. The molecule has 1 aromatic rings. The van der Waals surface area contributed by atoms with Crippen LogP contribution < -0.4 is 0 Å². The van der Waals surface area contributed by atoms with E-state index in [4.69, 9.17) is 23.2 Å². The van der Waals surface area contributed by atoms with Crippen molar-refractivity contribution in [3.8, 4) is 0 Å². The van der Waals surface area contributed by atoms with Crippen LogP contribution in [-0.4, -0.2) is 11.5 Å². The van der Waals surface area contributed by atoms with Crippen LogP contribution in [0.4, 0.5) is 0 Å². The van der Waals surface area contributed by atoms with Gasteiger partial charge in [-0.3, -0.25) is 0 Å². The van der Waals surface area contributed by atoms with Crippen molar-refractivity contribution in [2.45, 2.75) is 31.3 Å². The molecule has 1 unspecified atom stereocenters. The fourth-order valence-electron chi connectivity index (χ4n) is 2.44. The Hall–Kier alpha value is 0.150. The van der Waals surface area contributed by atoms with E-state index in [1.165, 1.54) is 5.56 Å². The SMILES string of the molecule is C[S+]1[C@H](c2cc(Cl)cc(Cl)c2)[C@H]1C(C)(C)C. The van der Waals surface area contributed by atoms with Crippen molar-refractivity contribution >= 4 is 34.1 Å². The summed E-state index contributed by atoms with van der Waals surface area (Å²) < 4.78 is 0. The largest absolute Gasteiger partial charge is 0.191 e. The summed E-state index contributed by atoms with van der Waals surface area (Å²) in [6.07, 6.45) is 2.34. The summed E-state index contributed by atoms with van der Waals surface area (Å²) in [5.41, 5.74) is 1.68. The molecule has 0 saturated carbocycles. The van der Waals surface area contributed by atoms with E-state index in [1.54, 1.807) is 6.07 Å². The molecule has 1 aliphatic rings. The molecule has 2 rings (SSSR count). The number of hydrogen-bond acceptors (Lipinski definition) is 0. The molecule has 88 valence electrons. The van der Waals surface area contributed by atoms with Crippen LogP contribution in [0.2, 0.25) is 10.0 Å². The summed E-state index contributed by atoms with van der Waals surface area (Å²) in [5, 5.41) is 2.91. The van der Waals surface area contributed by atoms with Gasteiger partial charge in [0.25, 0.3) is 0 Å². The third-order valence-corrected chi connectivity index (χ3v) is 6.31. The van der Waals surface area contributed by atoms with Crippen LogP contribution in [0, 0.1) is 5.41 Å². The summed E-state index contributed by atoms with van der Waals surface area (Å²) in [4.78, 5) is 0. The highest BCUT2D eigenvalue weighted by Crippen LogP contribution is 2.56. The lowest BCUT2D eigenvalue weighted by Gasteiger charge is -2.11. The van der Waals surface area contributed by atoms with Crippen molar-refractivity contribution in [2.75, 3.05) is 6.26 Å². The topological polar surface area (TPSA) is 0 Å². The van der Waals surface area contributed by atoms with Gasteiger partial charge in [0.15, 0.2) is 10.5 Å². The van der Waals surface area contributed by atoms with Gasteiger partial charge in [0.1, 0.15) is 0 Å². The molecule has 16 heavy (non-hydrogen) atoms. The van der Waals surface area contributed by atoms with Gasteiger partial charge in [-0.1, -0.05) is 44.0 Å². The molecule has 1 fully saturated rings. The fourth-order valence-corrected chi connectivity index (χ4v) is 6.18. The zero-order valence-corrected chi connectivity index (χ0v) is 12.4. The van der Waals surface area contributed by atoms with Gasteiger partial charge in [-0.05, 0) is 18.2 Å². The highest BCUT2D eigenvalue weighted by atomic mass is 35.5. The molecule has 1 saturated heterocycles. The Morgan fingerprint density at radius 2 is 1.56 bits per heavy atom. The zero-order valence-electron chi connectivity index (χ0n) is 10.1. The van der Waals surface area contributed by atoms with E-state index < -0.39 is 0 Å². The first-order chi connectivity index (χ1) is 7.30. The predicted molar refractivity (Wildman–Crippen MR) is 75.7 cm³/mol. The summed E-state index contributed by atoms with van der Waals surface area (Å²) in [6, 6.07) is 5.93. The molecule has 1 heterocycles. The van der Waals surface area contributed by atoms with E-state index in [9.17, 15) is 0 Å². The molecule has 0 bridgehead atoms. The average molecular weight is 276 g/mol. The van der Waals surface area contributed by atoms with Gasteiger partial charge in [-0.25, -0.2) is 0 Å². The van der Waals surface area contributed by atoms with Gasteiger partial charge in [-0.2, -0.15) is 0 Å². The first kappa shape index (κ1) is 12.6. The van der Waals surface area contributed by atoms with Crippen LogP contribution in [0.25, 0.3) is 0 Å². The lowest BCUT2D eigenvalue weighted by atomic mass is 9.89. The van der Waals surface area contributed by atoms with Gasteiger partial charge in [0.05, 0.1) is 6.26 Å². The Balaban J connectivity index is 2.27. The van der Waals surface area contributed by atoms with Crippen molar-refractivity contribution in [1.82, 2.24) is 0 Å². The quantitative estimate of drug-likeness (QED) is 0.514. The van der Waals surface area contributed by atoms with E-state index in [2.05, 4.69) is 39.2 Å². The smallest absolute Gasteiger partial charge is 0.0843 e. The van der Waals surface area contributed by atoms with Gasteiger partial charge in [0, 0.05) is 31.9 Å². The van der Waals surface area contributed by atoms with Gasteiger partial charge < -0.3 is 0 Å². The normalized spacial score (nSPS) is 29.2. The summed E-state index contributed by atoms with van der Waals surface area (Å²) in [5.74, 6) is 0. The minimum Gasteiger partial charge on any atom is -0.0843 e.